The number of rotatable bonds is 4. The van der Waals surface area contributed by atoms with Crippen molar-refractivity contribution in [2.45, 2.75) is 58.5 Å². The molecule has 3 atom stereocenters. The van der Waals surface area contributed by atoms with Crippen LogP contribution >= 0.6 is 0 Å². The Morgan fingerprint density at radius 3 is 2.66 bits per heavy atom. The van der Waals surface area contributed by atoms with E-state index < -0.39 is 0 Å². The molecule has 0 spiro atoms. The van der Waals surface area contributed by atoms with Crippen molar-refractivity contribution in [2.75, 3.05) is 26.7 Å². The second-order valence-corrected chi connectivity index (χ2v) is 8.64. The molecule has 1 aliphatic carbocycles. The highest BCUT2D eigenvalue weighted by Gasteiger charge is 2.41. The Kier molecular flexibility index (Phi) is 5.15. The molecule has 1 fully saturated rings. The van der Waals surface area contributed by atoms with Gasteiger partial charge in [0, 0.05) is 59.8 Å². The highest BCUT2D eigenvalue weighted by atomic mass is 16.2. The molecule has 2 amide bonds. The molecule has 1 aliphatic heterocycles. The predicted molar refractivity (Wildman–Crippen MR) is 116 cm³/mol. The van der Waals surface area contributed by atoms with Gasteiger partial charge in [-0.25, -0.2) is 4.79 Å². The van der Waals surface area contributed by atoms with Crippen LogP contribution in [0.4, 0.5) is 4.79 Å². The number of ketones is 1. The van der Waals surface area contributed by atoms with Crippen LogP contribution < -0.4 is 5.32 Å². The Morgan fingerprint density at radius 1 is 1.28 bits per heavy atom. The number of hydrogen-bond donors (Lipinski definition) is 2. The summed E-state index contributed by atoms with van der Waals surface area (Å²) in [7, 11) is 2.16. The van der Waals surface area contributed by atoms with E-state index >= 15 is 0 Å². The van der Waals surface area contributed by atoms with Crippen LogP contribution in [0.15, 0.2) is 12.1 Å². The van der Waals surface area contributed by atoms with Crippen LogP contribution in [0.3, 0.4) is 0 Å². The first-order valence-electron chi connectivity index (χ1n) is 10.8. The number of aryl methyl sites for hydroxylation is 1. The summed E-state index contributed by atoms with van der Waals surface area (Å²) in [6.07, 6.45) is 1.91. The third-order valence-corrected chi connectivity index (χ3v) is 6.92. The molecule has 6 heteroatoms. The molecule has 6 nitrogen and oxygen atoms in total. The van der Waals surface area contributed by atoms with Crippen LogP contribution in [0.5, 0.6) is 0 Å². The summed E-state index contributed by atoms with van der Waals surface area (Å²) in [4.78, 5) is 32.5. The summed E-state index contributed by atoms with van der Waals surface area (Å²) in [6.45, 7) is 10.0. The molecule has 0 saturated carbocycles. The number of likely N-dealkylation sites (N-methyl/N-ethyl adjacent to an activating group) is 1. The molecule has 0 bridgehead atoms. The first-order valence-corrected chi connectivity index (χ1v) is 10.8. The van der Waals surface area contributed by atoms with Crippen molar-refractivity contribution >= 4 is 22.7 Å². The van der Waals surface area contributed by atoms with Gasteiger partial charge in [-0.15, -0.1) is 0 Å². The third-order valence-electron chi connectivity index (χ3n) is 6.92. The van der Waals surface area contributed by atoms with E-state index in [9.17, 15) is 9.59 Å². The van der Waals surface area contributed by atoms with Crippen molar-refractivity contribution in [3.63, 3.8) is 0 Å². The second kappa shape index (κ2) is 7.48. The molecule has 2 heterocycles. The minimum atomic E-state index is 0.0171. The van der Waals surface area contributed by atoms with Gasteiger partial charge in [0.05, 0.1) is 0 Å². The first-order chi connectivity index (χ1) is 13.8. The number of likely N-dealkylation sites (tertiary alicyclic amines) is 1. The van der Waals surface area contributed by atoms with E-state index in [1.807, 2.05) is 24.8 Å². The van der Waals surface area contributed by atoms with Gasteiger partial charge >= 0.3 is 6.03 Å². The topological polar surface area (TPSA) is 68.4 Å². The number of hydrogen-bond acceptors (Lipinski definition) is 3. The van der Waals surface area contributed by atoms with Crippen LogP contribution in [-0.4, -0.2) is 65.4 Å². The van der Waals surface area contributed by atoms with Crippen molar-refractivity contribution in [3.8, 4) is 0 Å². The van der Waals surface area contributed by atoms with Crippen molar-refractivity contribution in [2.24, 2.45) is 0 Å². The Labute approximate surface area is 172 Å². The molecular weight excluding hydrogens is 364 g/mol. The number of nitrogens with one attached hydrogen (secondary N) is 2. The number of carbonyl (C=O) groups excluding carboxylic acids is 2. The van der Waals surface area contributed by atoms with Gasteiger partial charge in [-0.3, -0.25) is 4.79 Å². The largest absolute Gasteiger partial charge is 0.358 e. The van der Waals surface area contributed by atoms with Gasteiger partial charge in [-0.1, -0.05) is 0 Å². The number of nitrogens with zero attached hydrogens (tertiary/aromatic N) is 2. The number of H-pyrrole nitrogens is 1. The Morgan fingerprint density at radius 2 is 2.00 bits per heavy atom. The van der Waals surface area contributed by atoms with Gasteiger partial charge in [0.2, 0.25) is 0 Å². The lowest BCUT2D eigenvalue weighted by Gasteiger charge is -2.46. The highest BCUT2D eigenvalue weighted by Crippen LogP contribution is 2.44. The number of fused-ring (bicyclic) bond motifs is 2. The molecule has 0 unspecified atom stereocenters. The number of aromatic amines is 1. The molecule has 2 N–H and O–H groups in total. The van der Waals surface area contributed by atoms with E-state index in [-0.39, 0.29) is 17.9 Å². The van der Waals surface area contributed by atoms with Crippen LogP contribution in [0, 0.1) is 6.92 Å². The number of amides is 2. The minimum Gasteiger partial charge on any atom is -0.358 e. The maximum atomic E-state index is 12.6. The number of urea groups is 1. The third kappa shape index (κ3) is 3.33. The molecule has 2 aliphatic rings. The summed E-state index contributed by atoms with van der Waals surface area (Å²) in [5, 5.41) is 4.54. The molecule has 4 rings (SSSR count). The SMILES string of the molecule is CCN(CC)C(=O)N[C@H]1C[C@@H]2c3cc(C(C)=O)cc4[nH]c(C)c(c34)C[C@H]2N(C)C1. The van der Waals surface area contributed by atoms with Crippen molar-refractivity contribution in [1.82, 2.24) is 20.1 Å². The summed E-state index contributed by atoms with van der Waals surface area (Å²) < 4.78 is 0. The molecule has 0 radical (unpaired) electrons. The first kappa shape index (κ1) is 20.0. The smallest absolute Gasteiger partial charge is 0.317 e. The van der Waals surface area contributed by atoms with Gasteiger partial charge in [-0.05, 0) is 70.8 Å². The fraction of sp³-hybridized carbons (Fsp3) is 0.565. The lowest BCUT2D eigenvalue weighted by molar-refractivity contribution is 0.101. The maximum Gasteiger partial charge on any atom is 0.317 e. The fourth-order valence-corrected chi connectivity index (χ4v) is 5.37. The maximum absolute atomic E-state index is 12.6. The lowest BCUT2D eigenvalue weighted by Crippen LogP contribution is -2.56. The van der Waals surface area contributed by atoms with E-state index in [4.69, 9.17) is 0 Å². The molecule has 1 aromatic heterocycles. The summed E-state index contributed by atoms with van der Waals surface area (Å²) in [5.41, 5.74) is 5.67. The van der Waals surface area contributed by atoms with Crippen molar-refractivity contribution in [1.29, 1.82) is 0 Å². The number of aromatic nitrogens is 1. The number of Topliss-reactive ketones (excluding diaryl/α,β-unsaturated/α-hetero) is 1. The van der Waals surface area contributed by atoms with Crippen molar-refractivity contribution < 1.29 is 9.59 Å². The average molecular weight is 397 g/mol. The van der Waals surface area contributed by atoms with Crippen LogP contribution in [-0.2, 0) is 6.42 Å². The summed E-state index contributed by atoms with van der Waals surface area (Å²) in [6, 6.07) is 4.60. The summed E-state index contributed by atoms with van der Waals surface area (Å²) in [5.74, 6) is 0.398. The van der Waals surface area contributed by atoms with Crippen molar-refractivity contribution in [3.05, 3.63) is 34.5 Å². The van der Waals surface area contributed by atoms with E-state index in [0.29, 0.717) is 25.0 Å². The van der Waals surface area contributed by atoms with E-state index in [1.165, 1.54) is 22.2 Å². The monoisotopic (exact) mass is 396 g/mol. The Hall–Kier alpha value is -2.34. The lowest BCUT2D eigenvalue weighted by atomic mass is 9.73. The quantitative estimate of drug-likeness (QED) is 0.778. The number of piperidine rings is 1. The number of benzene rings is 1. The Bertz CT molecular complexity index is 959. The molecule has 29 heavy (non-hydrogen) atoms. The fourth-order valence-electron chi connectivity index (χ4n) is 5.37. The van der Waals surface area contributed by atoms with Gasteiger partial charge < -0.3 is 20.1 Å². The molecule has 2 aromatic rings. The van der Waals surface area contributed by atoms with E-state index in [0.717, 1.165) is 30.5 Å². The normalized spacial score (nSPS) is 23.7. The van der Waals surface area contributed by atoms with Crippen LogP contribution in [0.1, 0.15) is 60.3 Å². The van der Waals surface area contributed by atoms with E-state index in [1.54, 1.807) is 6.92 Å². The zero-order valence-corrected chi connectivity index (χ0v) is 18.1. The summed E-state index contributed by atoms with van der Waals surface area (Å²) >= 11 is 0. The minimum absolute atomic E-state index is 0.0171. The van der Waals surface area contributed by atoms with Crippen LogP contribution in [0.25, 0.3) is 10.9 Å². The molecule has 156 valence electrons. The van der Waals surface area contributed by atoms with Crippen LogP contribution in [0.2, 0.25) is 0 Å². The highest BCUT2D eigenvalue weighted by molar-refractivity contribution is 6.00. The van der Waals surface area contributed by atoms with Gasteiger partial charge in [0.1, 0.15) is 0 Å². The predicted octanol–water partition coefficient (Wildman–Crippen LogP) is 3.44. The van der Waals surface area contributed by atoms with E-state index in [2.05, 4.69) is 35.2 Å². The van der Waals surface area contributed by atoms with Gasteiger partial charge in [-0.2, -0.15) is 0 Å². The standard InChI is InChI=1S/C23H32N4O2/c1-6-27(7-2)23(29)25-16-10-18-19-8-15(14(4)28)9-20-22(19)17(13(3)24-20)11-21(18)26(5)12-16/h8-9,16,18,21,24H,6-7,10-12H2,1-5H3,(H,25,29)/t16-,18+,21+/m0/s1. The average Bonchev–Trinajstić information content (AvgIpc) is 2.99. The van der Waals surface area contributed by atoms with Gasteiger partial charge in [0.15, 0.2) is 5.78 Å². The van der Waals surface area contributed by atoms with Gasteiger partial charge in [0.25, 0.3) is 0 Å². The zero-order chi connectivity index (χ0) is 20.9. The Balaban J connectivity index is 1.71. The number of carbonyl (C=O) groups is 2. The second-order valence-electron chi connectivity index (χ2n) is 8.64. The molecule has 1 saturated heterocycles. The zero-order valence-electron chi connectivity index (χ0n) is 18.1. The molecule has 1 aromatic carbocycles. The molecular formula is C23H32N4O2.